The second-order valence-electron chi connectivity index (χ2n) is 3.62. The fourth-order valence-corrected chi connectivity index (χ4v) is 3.59. The molecule has 5 heteroatoms. The molecule has 1 aromatic rings. The minimum absolute atomic E-state index is 0.604. The summed E-state index contributed by atoms with van der Waals surface area (Å²) in [6.45, 7) is 5.44. The highest BCUT2D eigenvalue weighted by atomic mass is 32.2. The van der Waals surface area contributed by atoms with Gasteiger partial charge in [0.2, 0.25) is 0 Å². The third kappa shape index (κ3) is 1.70. The molecule has 0 aromatic carbocycles. The largest absolute Gasteiger partial charge is 0.383 e. The lowest BCUT2D eigenvalue weighted by Gasteiger charge is -2.34. The van der Waals surface area contributed by atoms with Gasteiger partial charge >= 0.3 is 0 Å². The summed E-state index contributed by atoms with van der Waals surface area (Å²) in [5.41, 5.74) is 6.91. The van der Waals surface area contributed by atoms with Crippen LogP contribution in [-0.2, 0) is 0 Å². The van der Waals surface area contributed by atoms with Crippen LogP contribution in [0.5, 0.6) is 0 Å². The van der Waals surface area contributed by atoms with Crippen molar-refractivity contribution in [1.29, 1.82) is 0 Å². The zero-order valence-corrected chi connectivity index (χ0v) is 10.1. The van der Waals surface area contributed by atoms with Gasteiger partial charge < -0.3 is 10.6 Å². The molecule has 1 aromatic heterocycles. The molecular weight excluding hydrogens is 214 g/mol. The number of rotatable bonds is 1. The normalized spacial score (nSPS) is 22.7. The Bertz CT molecular complexity index is 324. The average molecular weight is 229 g/mol. The highest BCUT2D eigenvalue weighted by Crippen LogP contribution is 2.33. The third-order valence-corrected chi connectivity index (χ3v) is 4.75. The van der Waals surface area contributed by atoms with Crippen molar-refractivity contribution in [2.24, 2.45) is 0 Å². The summed E-state index contributed by atoms with van der Waals surface area (Å²) in [6.07, 6.45) is 0. The van der Waals surface area contributed by atoms with Crippen LogP contribution in [-0.4, -0.2) is 28.5 Å². The molecule has 1 unspecified atom stereocenters. The van der Waals surface area contributed by atoms with Crippen molar-refractivity contribution in [3.63, 3.8) is 0 Å². The molecule has 0 aliphatic carbocycles. The second-order valence-corrected chi connectivity index (χ2v) is 5.52. The van der Waals surface area contributed by atoms with Crippen LogP contribution in [0.25, 0.3) is 0 Å². The van der Waals surface area contributed by atoms with Crippen LogP contribution >= 0.6 is 23.3 Å². The van der Waals surface area contributed by atoms with E-state index >= 15 is 0 Å². The molecule has 2 heterocycles. The first-order valence-electron chi connectivity index (χ1n) is 4.76. The summed E-state index contributed by atoms with van der Waals surface area (Å²) in [4.78, 5) is 2.43. The van der Waals surface area contributed by atoms with Crippen molar-refractivity contribution >= 4 is 34.1 Å². The van der Waals surface area contributed by atoms with Crippen molar-refractivity contribution in [2.75, 3.05) is 28.7 Å². The van der Waals surface area contributed by atoms with Gasteiger partial charge in [-0.25, -0.2) is 0 Å². The van der Waals surface area contributed by atoms with Gasteiger partial charge in [-0.1, -0.05) is 0 Å². The molecule has 0 bridgehead atoms. The Kier molecular flexibility index (Phi) is 2.88. The van der Waals surface area contributed by atoms with Gasteiger partial charge in [0, 0.05) is 29.7 Å². The van der Waals surface area contributed by atoms with Crippen LogP contribution < -0.4 is 10.6 Å². The molecule has 1 aliphatic rings. The Hall–Kier alpha value is -0.420. The third-order valence-electron chi connectivity index (χ3n) is 2.56. The number of anilines is 2. The maximum absolute atomic E-state index is 5.76. The predicted octanol–water partition coefficient (Wildman–Crippen LogP) is 1.98. The van der Waals surface area contributed by atoms with Crippen LogP contribution in [0.4, 0.5) is 10.8 Å². The predicted molar refractivity (Wildman–Crippen MR) is 65.4 cm³/mol. The van der Waals surface area contributed by atoms with E-state index in [2.05, 4.69) is 23.1 Å². The van der Waals surface area contributed by atoms with Crippen LogP contribution in [0, 0.1) is 6.92 Å². The Morgan fingerprint density at radius 2 is 2.36 bits per heavy atom. The van der Waals surface area contributed by atoms with E-state index in [1.807, 2.05) is 11.8 Å². The molecule has 1 aliphatic heterocycles. The zero-order valence-electron chi connectivity index (χ0n) is 8.49. The molecule has 2 N–H and O–H groups in total. The number of hydrogen-bond donors (Lipinski definition) is 1. The lowest BCUT2D eigenvalue weighted by atomic mass is 10.2. The molecule has 3 nitrogen and oxygen atoms in total. The van der Waals surface area contributed by atoms with Crippen LogP contribution in [0.1, 0.15) is 12.5 Å². The Morgan fingerprint density at radius 1 is 1.57 bits per heavy atom. The molecular formula is C9H15N3S2. The van der Waals surface area contributed by atoms with Gasteiger partial charge in [-0.05, 0) is 25.4 Å². The zero-order chi connectivity index (χ0) is 10.1. The van der Waals surface area contributed by atoms with E-state index < -0.39 is 0 Å². The maximum atomic E-state index is 5.76. The Morgan fingerprint density at radius 3 is 2.93 bits per heavy atom. The lowest BCUT2D eigenvalue weighted by Crippen LogP contribution is -2.40. The van der Waals surface area contributed by atoms with Crippen molar-refractivity contribution in [1.82, 2.24) is 4.37 Å². The van der Waals surface area contributed by atoms with Gasteiger partial charge in [-0.15, -0.1) is 0 Å². The smallest absolute Gasteiger partial charge is 0.142 e. The van der Waals surface area contributed by atoms with E-state index in [0.29, 0.717) is 11.9 Å². The molecule has 2 rings (SSSR count). The van der Waals surface area contributed by atoms with Crippen molar-refractivity contribution in [3.8, 4) is 0 Å². The van der Waals surface area contributed by atoms with E-state index in [-0.39, 0.29) is 0 Å². The summed E-state index contributed by atoms with van der Waals surface area (Å²) in [7, 11) is 0. The first-order valence-corrected chi connectivity index (χ1v) is 6.69. The van der Waals surface area contributed by atoms with Crippen LogP contribution in [0.2, 0.25) is 0 Å². The van der Waals surface area contributed by atoms with Crippen molar-refractivity contribution < 1.29 is 0 Å². The lowest BCUT2D eigenvalue weighted by molar-refractivity contribution is 0.704. The first-order chi connectivity index (χ1) is 6.70. The molecule has 0 radical (unpaired) electrons. The van der Waals surface area contributed by atoms with E-state index in [9.17, 15) is 0 Å². The van der Waals surface area contributed by atoms with Crippen LogP contribution in [0.3, 0.4) is 0 Å². The number of nitrogens with zero attached hydrogens (tertiary/aromatic N) is 2. The highest BCUT2D eigenvalue weighted by Gasteiger charge is 2.22. The summed E-state index contributed by atoms with van der Waals surface area (Å²) in [6, 6.07) is 0.604. The fourth-order valence-electron chi connectivity index (χ4n) is 1.64. The van der Waals surface area contributed by atoms with Gasteiger partial charge in [0.15, 0.2) is 0 Å². The molecule has 1 fully saturated rings. The topological polar surface area (TPSA) is 42.1 Å². The Labute approximate surface area is 92.8 Å². The molecule has 0 amide bonds. The molecule has 0 saturated carbocycles. The number of nitrogen functional groups attached to an aromatic ring is 1. The number of hydrogen-bond acceptors (Lipinski definition) is 5. The standard InChI is InChI=1S/C9H15N3S2/c1-6-5-13-4-3-12(6)9-7(2)8(10)11-14-9/h6H,3-5H2,1-2H3,(H2,10,11). The van der Waals surface area contributed by atoms with E-state index in [1.165, 1.54) is 28.0 Å². The number of nitrogens with two attached hydrogens (primary N) is 1. The van der Waals surface area contributed by atoms with Gasteiger partial charge in [0.25, 0.3) is 0 Å². The monoisotopic (exact) mass is 229 g/mol. The van der Waals surface area contributed by atoms with Gasteiger partial charge in [-0.2, -0.15) is 16.1 Å². The quantitative estimate of drug-likeness (QED) is 0.799. The summed E-state index contributed by atoms with van der Waals surface area (Å²) in [5, 5.41) is 1.26. The SMILES string of the molecule is Cc1c(N)nsc1N1CCSCC1C. The molecule has 0 spiro atoms. The molecule has 14 heavy (non-hydrogen) atoms. The summed E-state index contributed by atoms with van der Waals surface area (Å²) < 4.78 is 4.20. The van der Waals surface area contributed by atoms with E-state index in [0.717, 1.165) is 12.1 Å². The minimum Gasteiger partial charge on any atom is -0.383 e. The second kappa shape index (κ2) is 3.98. The number of thioether (sulfide) groups is 1. The molecule has 78 valence electrons. The maximum Gasteiger partial charge on any atom is 0.142 e. The van der Waals surface area contributed by atoms with Gasteiger partial charge in [0.1, 0.15) is 10.8 Å². The fraction of sp³-hybridized carbons (Fsp3) is 0.667. The van der Waals surface area contributed by atoms with Crippen LogP contribution in [0.15, 0.2) is 0 Å². The van der Waals surface area contributed by atoms with Crippen molar-refractivity contribution in [3.05, 3.63) is 5.56 Å². The van der Waals surface area contributed by atoms with Crippen molar-refractivity contribution in [2.45, 2.75) is 19.9 Å². The highest BCUT2D eigenvalue weighted by molar-refractivity contribution is 7.99. The average Bonchev–Trinajstić information content (AvgIpc) is 2.49. The molecule has 1 atom stereocenters. The van der Waals surface area contributed by atoms with E-state index in [1.54, 1.807) is 0 Å². The Balaban J connectivity index is 2.24. The summed E-state index contributed by atoms with van der Waals surface area (Å²) in [5.74, 6) is 3.11. The van der Waals surface area contributed by atoms with Gasteiger partial charge in [-0.3, -0.25) is 0 Å². The number of aromatic nitrogens is 1. The summed E-state index contributed by atoms with van der Waals surface area (Å²) >= 11 is 3.55. The molecule has 1 saturated heterocycles. The van der Waals surface area contributed by atoms with E-state index in [4.69, 9.17) is 5.73 Å². The minimum atomic E-state index is 0.604. The first kappa shape index (κ1) is 10.1. The van der Waals surface area contributed by atoms with Gasteiger partial charge in [0.05, 0.1) is 0 Å².